The third kappa shape index (κ3) is 7.30. The van der Waals surface area contributed by atoms with Crippen molar-refractivity contribution in [3.05, 3.63) is 0 Å². The predicted molar refractivity (Wildman–Crippen MR) is 63.5 cm³/mol. The van der Waals surface area contributed by atoms with Gasteiger partial charge in [0.25, 0.3) is 10.1 Å². The van der Waals surface area contributed by atoms with E-state index >= 15 is 0 Å². The maximum absolute atomic E-state index is 11.7. The normalized spacial score (nSPS) is 16.4. The molecule has 0 spiro atoms. The summed E-state index contributed by atoms with van der Waals surface area (Å²) >= 11 is 0. The van der Waals surface area contributed by atoms with Crippen LogP contribution in [0.25, 0.3) is 0 Å². The van der Waals surface area contributed by atoms with Crippen molar-refractivity contribution in [3.8, 4) is 0 Å². The Morgan fingerprint density at radius 3 is 2.12 bits per heavy atom. The second-order valence-electron chi connectivity index (χ2n) is 4.81. The number of hydrogen-bond donors (Lipinski definition) is 1. The van der Waals surface area contributed by atoms with E-state index in [0.717, 1.165) is 6.26 Å². The van der Waals surface area contributed by atoms with Crippen molar-refractivity contribution in [2.75, 3.05) is 6.26 Å². The molecule has 2 N–H and O–H groups in total. The third-order valence-corrected chi connectivity index (χ3v) is 2.40. The van der Waals surface area contributed by atoms with Crippen LogP contribution in [-0.4, -0.2) is 32.5 Å². The molecular formula is C10H21NO5S. The van der Waals surface area contributed by atoms with E-state index in [4.69, 9.17) is 10.5 Å². The van der Waals surface area contributed by atoms with Crippen molar-refractivity contribution in [2.45, 2.75) is 45.9 Å². The number of carbonyl (C=O) groups is 1. The largest absolute Gasteiger partial charge is 0.460 e. The topological polar surface area (TPSA) is 95.7 Å². The molecule has 0 amide bonds. The van der Waals surface area contributed by atoms with Crippen LogP contribution in [0.2, 0.25) is 0 Å². The fraction of sp³-hybridized carbons (Fsp3) is 0.900. The molecule has 0 aromatic heterocycles. The fourth-order valence-corrected chi connectivity index (χ4v) is 1.72. The van der Waals surface area contributed by atoms with Crippen LogP contribution in [0.4, 0.5) is 0 Å². The molecule has 0 bridgehead atoms. The van der Waals surface area contributed by atoms with Crippen molar-refractivity contribution < 1.29 is 22.1 Å². The monoisotopic (exact) mass is 267 g/mol. The Morgan fingerprint density at radius 1 is 1.35 bits per heavy atom. The van der Waals surface area contributed by atoms with Gasteiger partial charge in [0.15, 0.2) is 0 Å². The number of carbonyl (C=O) groups excluding carboxylic acids is 1. The molecule has 0 fully saturated rings. The van der Waals surface area contributed by atoms with Crippen LogP contribution >= 0.6 is 0 Å². The van der Waals surface area contributed by atoms with Gasteiger partial charge >= 0.3 is 5.97 Å². The molecule has 0 saturated heterocycles. The minimum atomic E-state index is -3.69. The summed E-state index contributed by atoms with van der Waals surface area (Å²) in [5.41, 5.74) is 4.89. The van der Waals surface area contributed by atoms with Gasteiger partial charge in [0.05, 0.1) is 12.2 Å². The Hall–Kier alpha value is -0.660. The summed E-state index contributed by atoms with van der Waals surface area (Å²) < 4.78 is 31.5. The number of hydrogen-bond acceptors (Lipinski definition) is 6. The molecule has 0 aliphatic heterocycles. The van der Waals surface area contributed by atoms with E-state index in [1.54, 1.807) is 27.7 Å². The lowest BCUT2D eigenvalue weighted by Gasteiger charge is -2.25. The van der Waals surface area contributed by atoms with Crippen molar-refractivity contribution in [3.63, 3.8) is 0 Å². The van der Waals surface area contributed by atoms with Gasteiger partial charge < -0.3 is 10.5 Å². The zero-order valence-electron chi connectivity index (χ0n) is 10.9. The van der Waals surface area contributed by atoms with Crippen LogP contribution in [0.1, 0.15) is 34.1 Å². The summed E-state index contributed by atoms with van der Waals surface area (Å²) in [4.78, 5) is 11.7. The minimum absolute atomic E-state index is 0.339. The molecule has 17 heavy (non-hydrogen) atoms. The molecule has 0 aromatic rings. The standard InChI is InChI=1S/C10H21NO5S/c1-6-7(8(11)16-17(5,13)14)9(12)15-10(2,3)4/h7-8H,6,11H2,1-5H3. The second kappa shape index (κ2) is 5.79. The van der Waals surface area contributed by atoms with Gasteiger partial charge in [0, 0.05) is 0 Å². The summed E-state index contributed by atoms with van der Waals surface area (Å²) in [7, 11) is -3.69. The molecule has 6 nitrogen and oxygen atoms in total. The van der Waals surface area contributed by atoms with E-state index in [9.17, 15) is 13.2 Å². The molecule has 0 heterocycles. The summed E-state index contributed by atoms with van der Waals surface area (Å²) in [5.74, 6) is -1.36. The Morgan fingerprint density at radius 2 is 1.82 bits per heavy atom. The van der Waals surface area contributed by atoms with Crippen LogP contribution in [0.3, 0.4) is 0 Å². The lowest BCUT2D eigenvalue weighted by molar-refractivity contribution is -0.163. The average molecular weight is 267 g/mol. The number of ether oxygens (including phenoxy) is 1. The van der Waals surface area contributed by atoms with Gasteiger partial charge in [-0.2, -0.15) is 8.42 Å². The number of esters is 1. The molecule has 102 valence electrons. The molecule has 0 rings (SSSR count). The molecule has 0 aromatic carbocycles. The zero-order chi connectivity index (χ0) is 13.9. The molecule has 0 aliphatic carbocycles. The predicted octanol–water partition coefficient (Wildman–Crippen LogP) is 0.615. The van der Waals surface area contributed by atoms with E-state index in [1.807, 2.05) is 0 Å². The van der Waals surface area contributed by atoms with E-state index in [2.05, 4.69) is 4.18 Å². The highest BCUT2D eigenvalue weighted by molar-refractivity contribution is 7.86. The Labute approximate surface area is 103 Å². The highest BCUT2D eigenvalue weighted by Crippen LogP contribution is 2.17. The van der Waals surface area contributed by atoms with Crippen LogP contribution < -0.4 is 5.73 Å². The molecule has 2 unspecified atom stereocenters. The van der Waals surface area contributed by atoms with Gasteiger partial charge in [0.2, 0.25) is 0 Å². The summed E-state index contributed by atoms with van der Waals surface area (Å²) in [6.45, 7) is 6.88. The molecule has 7 heteroatoms. The summed E-state index contributed by atoms with van der Waals surface area (Å²) in [6.07, 6.45) is 0.00476. The quantitative estimate of drug-likeness (QED) is 0.445. The minimum Gasteiger partial charge on any atom is -0.460 e. The lowest BCUT2D eigenvalue weighted by atomic mass is 10.1. The van der Waals surface area contributed by atoms with Gasteiger partial charge in [-0.05, 0) is 27.2 Å². The number of nitrogens with two attached hydrogens (primary N) is 1. The first-order valence-corrected chi connectivity index (χ1v) is 7.14. The van der Waals surface area contributed by atoms with Crippen molar-refractivity contribution in [1.29, 1.82) is 0 Å². The van der Waals surface area contributed by atoms with Gasteiger partial charge in [-0.25, -0.2) is 0 Å². The van der Waals surface area contributed by atoms with E-state index in [0.29, 0.717) is 6.42 Å². The molecule has 0 radical (unpaired) electrons. The highest BCUT2D eigenvalue weighted by atomic mass is 32.2. The summed E-state index contributed by atoms with van der Waals surface area (Å²) in [6, 6.07) is 0. The molecule has 0 saturated carbocycles. The first kappa shape index (κ1) is 16.3. The number of rotatable bonds is 5. The fourth-order valence-electron chi connectivity index (χ4n) is 1.18. The summed E-state index contributed by atoms with van der Waals surface area (Å²) in [5, 5.41) is 0. The van der Waals surface area contributed by atoms with Gasteiger partial charge in [-0.3, -0.25) is 8.98 Å². The first-order valence-electron chi connectivity index (χ1n) is 5.33. The van der Waals surface area contributed by atoms with Gasteiger partial charge in [-0.15, -0.1) is 0 Å². The van der Waals surface area contributed by atoms with Gasteiger partial charge in [-0.1, -0.05) is 6.92 Å². The van der Waals surface area contributed by atoms with Crippen molar-refractivity contribution >= 4 is 16.1 Å². The van der Waals surface area contributed by atoms with Crippen LogP contribution in [0, 0.1) is 5.92 Å². The van der Waals surface area contributed by atoms with Gasteiger partial charge in [0.1, 0.15) is 11.8 Å². The maximum Gasteiger partial charge on any atom is 0.313 e. The molecule has 0 aliphatic rings. The maximum atomic E-state index is 11.7. The van der Waals surface area contributed by atoms with Crippen LogP contribution in [0.15, 0.2) is 0 Å². The lowest BCUT2D eigenvalue weighted by Crippen LogP contribution is -2.41. The van der Waals surface area contributed by atoms with Crippen LogP contribution in [-0.2, 0) is 23.8 Å². The van der Waals surface area contributed by atoms with E-state index in [-0.39, 0.29) is 0 Å². The SMILES string of the molecule is CCC(C(=O)OC(C)(C)C)C(N)OS(C)(=O)=O. The Kier molecular flexibility index (Phi) is 5.57. The second-order valence-corrected chi connectivity index (χ2v) is 6.41. The van der Waals surface area contributed by atoms with Crippen LogP contribution in [0.5, 0.6) is 0 Å². The third-order valence-electron chi connectivity index (χ3n) is 1.83. The highest BCUT2D eigenvalue weighted by Gasteiger charge is 2.31. The Balaban J connectivity index is 4.67. The van der Waals surface area contributed by atoms with Crippen molar-refractivity contribution in [2.24, 2.45) is 11.7 Å². The van der Waals surface area contributed by atoms with Crippen molar-refractivity contribution in [1.82, 2.24) is 0 Å². The van der Waals surface area contributed by atoms with E-state index < -0.39 is 33.8 Å². The molecule has 2 atom stereocenters. The molecular weight excluding hydrogens is 246 g/mol. The first-order chi connectivity index (χ1) is 7.46. The average Bonchev–Trinajstić information content (AvgIpc) is 1.96. The Bertz CT molecular complexity index is 357. The smallest absolute Gasteiger partial charge is 0.313 e. The van der Waals surface area contributed by atoms with E-state index in [1.165, 1.54) is 0 Å². The zero-order valence-corrected chi connectivity index (χ0v) is 11.7.